The molecule has 6 heteroatoms. The first-order chi connectivity index (χ1) is 9.58. The minimum Gasteiger partial charge on any atom is -0.494 e. The fraction of sp³-hybridized carbons (Fsp3) is 0.571. The molecule has 20 heavy (non-hydrogen) atoms. The van der Waals surface area contributed by atoms with Gasteiger partial charge in [-0.1, -0.05) is 0 Å². The van der Waals surface area contributed by atoms with E-state index < -0.39 is 0 Å². The van der Waals surface area contributed by atoms with Crippen LogP contribution < -0.4 is 10.1 Å². The van der Waals surface area contributed by atoms with E-state index >= 15 is 0 Å². The van der Waals surface area contributed by atoms with Gasteiger partial charge in [-0.25, -0.2) is 0 Å². The number of likely N-dealkylation sites (N-methyl/N-ethyl adjacent to an activating group) is 1. The number of ether oxygens (including phenoxy) is 2. The van der Waals surface area contributed by atoms with Crippen molar-refractivity contribution in [2.75, 3.05) is 47.5 Å². The van der Waals surface area contributed by atoms with E-state index in [0.29, 0.717) is 0 Å². The second-order valence-electron chi connectivity index (χ2n) is 4.57. The SMILES string of the molecule is COCCN(C)CCNCc1cc(Br)c(OC)c(Br)c1. The Morgan fingerprint density at radius 3 is 2.35 bits per heavy atom. The van der Waals surface area contributed by atoms with Crippen molar-refractivity contribution in [2.24, 2.45) is 0 Å². The Balaban J connectivity index is 2.35. The number of hydrogen-bond acceptors (Lipinski definition) is 4. The lowest BCUT2D eigenvalue weighted by atomic mass is 10.2. The first-order valence-corrected chi connectivity index (χ1v) is 8.07. The number of nitrogens with zero attached hydrogens (tertiary/aromatic N) is 1. The lowest BCUT2D eigenvalue weighted by Crippen LogP contribution is -2.31. The normalized spacial score (nSPS) is 11.1. The molecule has 1 aromatic carbocycles. The smallest absolute Gasteiger partial charge is 0.147 e. The summed E-state index contributed by atoms with van der Waals surface area (Å²) in [5.74, 6) is 0.827. The van der Waals surface area contributed by atoms with Gasteiger partial charge in [0.05, 0.1) is 22.7 Å². The molecule has 0 atom stereocenters. The highest BCUT2D eigenvalue weighted by molar-refractivity contribution is 9.11. The molecule has 0 heterocycles. The third kappa shape index (κ3) is 6.10. The summed E-state index contributed by atoms with van der Waals surface area (Å²) in [5.41, 5.74) is 1.21. The van der Waals surface area contributed by atoms with Crippen molar-refractivity contribution in [1.29, 1.82) is 0 Å². The first-order valence-electron chi connectivity index (χ1n) is 6.48. The molecule has 0 fully saturated rings. The second-order valence-corrected chi connectivity index (χ2v) is 6.27. The summed E-state index contributed by atoms with van der Waals surface area (Å²) in [6, 6.07) is 4.15. The van der Waals surface area contributed by atoms with Gasteiger partial charge in [-0.05, 0) is 56.6 Å². The molecule has 4 nitrogen and oxygen atoms in total. The minimum atomic E-state index is 0.773. The molecule has 1 rings (SSSR count). The number of benzene rings is 1. The zero-order chi connectivity index (χ0) is 15.0. The maximum atomic E-state index is 5.29. The van der Waals surface area contributed by atoms with E-state index in [-0.39, 0.29) is 0 Å². The van der Waals surface area contributed by atoms with Crippen molar-refractivity contribution in [3.63, 3.8) is 0 Å². The number of halogens is 2. The minimum absolute atomic E-state index is 0.773. The Morgan fingerprint density at radius 1 is 1.15 bits per heavy atom. The van der Waals surface area contributed by atoms with E-state index in [0.717, 1.165) is 47.5 Å². The van der Waals surface area contributed by atoms with E-state index in [4.69, 9.17) is 9.47 Å². The average Bonchev–Trinajstić information content (AvgIpc) is 2.41. The second kappa shape index (κ2) is 9.73. The zero-order valence-electron chi connectivity index (χ0n) is 12.2. The summed E-state index contributed by atoms with van der Waals surface area (Å²) in [4.78, 5) is 2.25. The van der Waals surface area contributed by atoms with Crippen LogP contribution in [0.5, 0.6) is 5.75 Å². The van der Waals surface area contributed by atoms with Crippen LogP contribution in [0.4, 0.5) is 0 Å². The molecule has 0 saturated heterocycles. The van der Waals surface area contributed by atoms with Gasteiger partial charge in [-0.2, -0.15) is 0 Å². The molecular weight excluding hydrogens is 388 g/mol. The number of methoxy groups -OCH3 is 2. The summed E-state index contributed by atoms with van der Waals surface area (Å²) in [6.07, 6.45) is 0. The molecular formula is C14H22Br2N2O2. The summed E-state index contributed by atoms with van der Waals surface area (Å²) in [6.45, 7) is 4.51. The molecule has 0 aliphatic heterocycles. The number of rotatable bonds is 9. The third-order valence-corrected chi connectivity index (χ3v) is 4.12. The van der Waals surface area contributed by atoms with E-state index in [1.807, 2.05) is 0 Å². The highest BCUT2D eigenvalue weighted by Gasteiger charge is 2.07. The summed E-state index contributed by atoms with van der Waals surface area (Å²) in [5, 5.41) is 3.44. The Kier molecular flexibility index (Phi) is 8.72. The summed E-state index contributed by atoms with van der Waals surface area (Å²) < 4.78 is 12.3. The van der Waals surface area contributed by atoms with Crippen LogP contribution in [-0.2, 0) is 11.3 Å². The van der Waals surface area contributed by atoms with Gasteiger partial charge in [0.25, 0.3) is 0 Å². The summed E-state index contributed by atoms with van der Waals surface area (Å²) >= 11 is 7.03. The fourth-order valence-electron chi connectivity index (χ4n) is 1.77. The molecule has 0 unspecified atom stereocenters. The van der Waals surface area contributed by atoms with Gasteiger partial charge in [0.1, 0.15) is 5.75 Å². The molecule has 0 amide bonds. The molecule has 0 radical (unpaired) electrons. The van der Waals surface area contributed by atoms with Gasteiger partial charge in [-0.3, -0.25) is 0 Å². The van der Waals surface area contributed by atoms with E-state index in [2.05, 4.69) is 61.3 Å². The standard InChI is InChI=1S/C14H22Br2N2O2/c1-18(6-7-19-2)5-4-17-10-11-8-12(15)14(20-3)13(16)9-11/h8-9,17H,4-7,10H2,1-3H3. The Hall–Kier alpha value is -0.140. The van der Waals surface area contributed by atoms with Crippen LogP contribution in [0, 0.1) is 0 Å². The summed E-state index contributed by atoms with van der Waals surface area (Å²) in [7, 11) is 5.49. The topological polar surface area (TPSA) is 33.7 Å². The van der Waals surface area contributed by atoms with Crippen LogP contribution in [0.25, 0.3) is 0 Å². The molecule has 1 aromatic rings. The van der Waals surface area contributed by atoms with E-state index in [9.17, 15) is 0 Å². The molecule has 0 aliphatic carbocycles. The van der Waals surface area contributed by atoms with Gasteiger partial charge >= 0.3 is 0 Å². The van der Waals surface area contributed by atoms with Crippen molar-refractivity contribution >= 4 is 31.9 Å². The van der Waals surface area contributed by atoms with Crippen LogP contribution in [0.2, 0.25) is 0 Å². The van der Waals surface area contributed by atoms with Crippen molar-refractivity contribution in [1.82, 2.24) is 10.2 Å². The third-order valence-electron chi connectivity index (χ3n) is 2.94. The van der Waals surface area contributed by atoms with E-state index in [1.54, 1.807) is 14.2 Å². The molecule has 0 aliphatic rings. The first kappa shape index (κ1) is 17.9. The largest absolute Gasteiger partial charge is 0.494 e. The lowest BCUT2D eigenvalue weighted by Gasteiger charge is -2.16. The van der Waals surface area contributed by atoms with Crippen molar-refractivity contribution in [3.8, 4) is 5.75 Å². The van der Waals surface area contributed by atoms with Crippen molar-refractivity contribution in [3.05, 3.63) is 26.6 Å². The Labute approximate surface area is 138 Å². The molecule has 0 spiro atoms. The van der Waals surface area contributed by atoms with Gasteiger partial charge in [0.15, 0.2) is 0 Å². The monoisotopic (exact) mass is 408 g/mol. The Morgan fingerprint density at radius 2 is 1.80 bits per heavy atom. The van der Waals surface area contributed by atoms with Crippen LogP contribution >= 0.6 is 31.9 Å². The molecule has 0 saturated carbocycles. The van der Waals surface area contributed by atoms with Crippen LogP contribution in [0.1, 0.15) is 5.56 Å². The van der Waals surface area contributed by atoms with Crippen LogP contribution in [0.3, 0.4) is 0 Å². The molecule has 0 aromatic heterocycles. The zero-order valence-corrected chi connectivity index (χ0v) is 15.4. The van der Waals surface area contributed by atoms with Crippen molar-refractivity contribution < 1.29 is 9.47 Å². The average molecular weight is 410 g/mol. The predicted molar refractivity (Wildman–Crippen MR) is 89.5 cm³/mol. The van der Waals surface area contributed by atoms with E-state index in [1.165, 1.54) is 5.56 Å². The molecule has 114 valence electrons. The van der Waals surface area contributed by atoms with Gasteiger partial charge < -0.3 is 19.7 Å². The predicted octanol–water partition coefficient (Wildman–Crippen LogP) is 2.89. The highest BCUT2D eigenvalue weighted by Crippen LogP contribution is 2.34. The highest BCUT2D eigenvalue weighted by atomic mass is 79.9. The van der Waals surface area contributed by atoms with Gasteiger partial charge in [-0.15, -0.1) is 0 Å². The maximum absolute atomic E-state index is 5.29. The van der Waals surface area contributed by atoms with Crippen LogP contribution in [0.15, 0.2) is 21.1 Å². The van der Waals surface area contributed by atoms with Gasteiger partial charge in [0.2, 0.25) is 0 Å². The van der Waals surface area contributed by atoms with Crippen molar-refractivity contribution in [2.45, 2.75) is 6.54 Å². The van der Waals surface area contributed by atoms with Gasteiger partial charge in [0, 0.05) is 33.3 Å². The van der Waals surface area contributed by atoms with Crippen LogP contribution in [-0.4, -0.2) is 52.4 Å². The quantitative estimate of drug-likeness (QED) is 0.636. The number of hydrogen-bond donors (Lipinski definition) is 1. The number of nitrogens with one attached hydrogen (secondary N) is 1. The maximum Gasteiger partial charge on any atom is 0.147 e. The lowest BCUT2D eigenvalue weighted by molar-refractivity contribution is 0.161. The fourth-order valence-corrected chi connectivity index (χ4v) is 3.38. The molecule has 0 bridgehead atoms. The molecule has 1 N–H and O–H groups in total. The Bertz CT molecular complexity index is 393.